The molecule has 1 aromatic heterocycles. The van der Waals surface area contributed by atoms with Crippen molar-refractivity contribution in [1.29, 1.82) is 0 Å². The maximum Gasteiger partial charge on any atom is 0.434 e. The lowest BCUT2D eigenvalue weighted by atomic mass is 9.98. The first kappa shape index (κ1) is 22.7. The molecule has 4 N–H and O–H groups in total. The molecule has 0 aromatic carbocycles. The van der Waals surface area contributed by atoms with Gasteiger partial charge in [-0.25, -0.2) is 32.5 Å². The van der Waals surface area contributed by atoms with E-state index in [0.717, 1.165) is 6.20 Å². The zero-order valence-electron chi connectivity index (χ0n) is 16.6. The molecule has 0 spiro atoms. The van der Waals surface area contributed by atoms with E-state index in [2.05, 4.69) is 30.6 Å². The second-order valence-electron chi connectivity index (χ2n) is 8.35. The minimum absolute atomic E-state index is 0.00364. The fourth-order valence-corrected chi connectivity index (χ4v) is 4.11. The van der Waals surface area contributed by atoms with Crippen LogP contribution in [0.3, 0.4) is 0 Å². The summed E-state index contributed by atoms with van der Waals surface area (Å²) in [6, 6.07) is -0.791. The summed E-state index contributed by atoms with van der Waals surface area (Å²) in [5.74, 6) is -9.02. The molecule has 176 valence electrons. The Morgan fingerprint density at radius 3 is 2.31 bits per heavy atom. The van der Waals surface area contributed by atoms with Crippen molar-refractivity contribution in [3.8, 4) is 0 Å². The summed E-state index contributed by atoms with van der Waals surface area (Å²) in [4.78, 5) is 15.3. The number of nitrogens with one attached hydrogen (secondary N) is 2. The molecule has 2 aliphatic carbocycles. The van der Waals surface area contributed by atoms with Gasteiger partial charge in [-0.05, 0) is 12.8 Å². The van der Waals surface area contributed by atoms with Crippen molar-refractivity contribution < 1.29 is 30.7 Å². The number of halogens is 7. The van der Waals surface area contributed by atoms with Gasteiger partial charge in [0.05, 0.1) is 18.4 Å². The van der Waals surface area contributed by atoms with Gasteiger partial charge in [-0.15, -0.1) is 0 Å². The SMILES string of the molecule is NC1([C@@H]2CCC(F)(F)C2)N=C(c2cncc(C(F)(F)F)n2)NC(=N[C@H]2CCC(F)(F)C2)N1. The third kappa shape index (κ3) is 4.79. The van der Waals surface area contributed by atoms with Gasteiger partial charge in [0.25, 0.3) is 0 Å². The molecule has 1 unspecified atom stereocenters. The van der Waals surface area contributed by atoms with E-state index in [1.165, 1.54) is 0 Å². The molecular weight excluding hydrogens is 447 g/mol. The molecule has 2 heterocycles. The number of hydrogen-bond acceptors (Lipinski definition) is 5. The van der Waals surface area contributed by atoms with Crippen LogP contribution in [0.15, 0.2) is 22.4 Å². The van der Waals surface area contributed by atoms with Gasteiger partial charge < -0.3 is 10.6 Å². The Hall–Kier alpha value is -2.51. The Balaban J connectivity index is 1.70. The van der Waals surface area contributed by atoms with Gasteiger partial charge in [0.1, 0.15) is 5.69 Å². The largest absolute Gasteiger partial charge is 0.434 e. The standard InChI is InChI=1S/C18H20F7N7/c19-15(20)3-1-9(5-15)18(26)31-13(11-7-27-8-12(29-11)17(23,24)25)30-14(32-18)28-10-2-4-16(21,22)6-10/h7-10H,1-6,26H2,(H2,28,30,31,32)/t9-,10+,18?/m1/s1. The number of nitrogens with zero attached hydrogens (tertiary/aromatic N) is 4. The van der Waals surface area contributed by atoms with E-state index in [1.807, 2.05) is 0 Å². The van der Waals surface area contributed by atoms with E-state index in [9.17, 15) is 30.7 Å². The summed E-state index contributed by atoms with van der Waals surface area (Å²) >= 11 is 0. The quantitative estimate of drug-likeness (QED) is 0.594. The zero-order valence-corrected chi connectivity index (χ0v) is 16.6. The third-order valence-electron chi connectivity index (χ3n) is 5.74. The molecule has 0 radical (unpaired) electrons. The highest BCUT2D eigenvalue weighted by Gasteiger charge is 2.50. The highest BCUT2D eigenvalue weighted by atomic mass is 19.4. The van der Waals surface area contributed by atoms with Crippen molar-refractivity contribution in [2.24, 2.45) is 21.6 Å². The van der Waals surface area contributed by atoms with E-state index in [1.54, 1.807) is 0 Å². The second-order valence-corrected chi connectivity index (χ2v) is 8.35. The molecule has 2 saturated carbocycles. The minimum Gasteiger partial charge on any atom is -0.319 e. The average Bonchev–Trinajstić information content (AvgIpc) is 3.22. The summed E-state index contributed by atoms with van der Waals surface area (Å²) in [6.45, 7) is 0. The highest BCUT2D eigenvalue weighted by Crippen LogP contribution is 2.43. The smallest absolute Gasteiger partial charge is 0.319 e. The van der Waals surface area contributed by atoms with Gasteiger partial charge in [-0.1, -0.05) is 0 Å². The van der Waals surface area contributed by atoms with E-state index < -0.39 is 60.7 Å². The van der Waals surface area contributed by atoms with E-state index in [4.69, 9.17) is 5.73 Å². The number of alkyl halides is 7. The first-order chi connectivity index (χ1) is 14.7. The van der Waals surface area contributed by atoms with Crippen LogP contribution in [0.5, 0.6) is 0 Å². The van der Waals surface area contributed by atoms with Crippen LogP contribution in [0, 0.1) is 5.92 Å². The van der Waals surface area contributed by atoms with Crippen molar-refractivity contribution in [3.63, 3.8) is 0 Å². The van der Waals surface area contributed by atoms with Crippen LogP contribution in [0.25, 0.3) is 0 Å². The van der Waals surface area contributed by atoms with Crippen LogP contribution in [-0.4, -0.2) is 45.4 Å². The van der Waals surface area contributed by atoms with Crippen molar-refractivity contribution >= 4 is 11.8 Å². The van der Waals surface area contributed by atoms with Crippen molar-refractivity contribution in [2.75, 3.05) is 0 Å². The zero-order chi connectivity index (χ0) is 23.4. The second kappa shape index (κ2) is 7.52. The molecule has 1 aromatic rings. The molecule has 0 saturated heterocycles. The topological polar surface area (TPSA) is 101 Å². The van der Waals surface area contributed by atoms with E-state index in [0.29, 0.717) is 6.20 Å². The van der Waals surface area contributed by atoms with E-state index >= 15 is 0 Å². The average molecular weight is 467 g/mol. The monoisotopic (exact) mass is 467 g/mol. The Kier molecular flexibility index (Phi) is 5.33. The number of aromatic nitrogens is 2. The summed E-state index contributed by atoms with van der Waals surface area (Å²) < 4.78 is 94.0. The Labute approximate surface area is 177 Å². The molecule has 2 fully saturated rings. The lowest BCUT2D eigenvalue weighted by Crippen LogP contribution is -2.66. The van der Waals surface area contributed by atoms with Crippen LogP contribution in [0.2, 0.25) is 0 Å². The van der Waals surface area contributed by atoms with Crippen LogP contribution >= 0.6 is 0 Å². The predicted octanol–water partition coefficient (Wildman–Crippen LogP) is 3.03. The maximum atomic E-state index is 13.8. The number of rotatable bonds is 3. The Morgan fingerprint density at radius 2 is 1.72 bits per heavy atom. The van der Waals surface area contributed by atoms with Gasteiger partial charge >= 0.3 is 6.18 Å². The van der Waals surface area contributed by atoms with Crippen LogP contribution in [0.1, 0.15) is 49.9 Å². The molecule has 1 aliphatic heterocycles. The molecule has 3 atom stereocenters. The number of nitrogens with two attached hydrogens (primary N) is 1. The number of aliphatic imine (C=N–C) groups is 2. The lowest BCUT2D eigenvalue weighted by molar-refractivity contribution is -0.141. The fourth-order valence-electron chi connectivity index (χ4n) is 4.11. The summed E-state index contributed by atoms with van der Waals surface area (Å²) in [7, 11) is 0. The number of hydrogen-bond donors (Lipinski definition) is 3. The predicted molar refractivity (Wildman–Crippen MR) is 99.1 cm³/mol. The molecule has 4 rings (SSSR count). The fraction of sp³-hybridized carbons (Fsp3) is 0.667. The van der Waals surface area contributed by atoms with Crippen LogP contribution < -0.4 is 16.4 Å². The minimum atomic E-state index is -4.78. The molecule has 3 aliphatic rings. The van der Waals surface area contributed by atoms with Gasteiger partial charge in [0.15, 0.2) is 23.3 Å². The van der Waals surface area contributed by atoms with Crippen molar-refractivity contribution in [3.05, 3.63) is 23.8 Å². The van der Waals surface area contributed by atoms with Gasteiger partial charge in [-0.2, -0.15) is 13.2 Å². The maximum absolute atomic E-state index is 13.8. The molecule has 7 nitrogen and oxygen atoms in total. The first-order valence-electron chi connectivity index (χ1n) is 9.92. The third-order valence-corrected chi connectivity index (χ3v) is 5.74. The normalized spacial score (nSPS) is 33.0. The molecule has 0 bridgehead atoms. The molecular formula is C18H20F7N7. The molecule has 14 heteroatoms. The van der Waals surface area contributed by atoms with Crippen LogP contribution in [0.4, 0.5) is 30.7 Å². The van der Waals surface area contributed by atoms with Crippen LogP contribution in [-0.2, 0) is 6.18 Å². The Morgan fingerprint density at radius 1 is 1.03 bits per heavy atom. The van der Waals surface area contributed by atoms with Gasteiger partial charge in [0, 0.05) is 31.6 Å². The van der Waals surface area contributed by atoms with Crippen molar-refractivity contribution in [1.82, 2.24) is 20.6 Å². The molecule has 0 amide bonds. The molecule has 32 heavy (non-hydrogen) atoms. The number of guanidine groups is 1. The highest BCUT2D eigenvalue weighted by molar-refractivity contribution is 6.09. The summed E-state index contributed by atoms with van der Waals surface area (Å²) in [6.07, 6.45) is -5.10. The van der Waals surface area contributed by atoms with Gasteiger partial charge in [0.2, 0.25) is 11.8 Å². The summed E-state index contributed by atoms with van der Waals surface area (Å²) in [5.41, 5.74) is 4.65. The van der Waals surface area contributed by atoms with E-state index in [-0.39, 0.29) is 36.8 Å². The van der Waals surface area contributed by atoms with Gasteiger partial charge in [-0.3, -0.25) is 10.7 Å². The van der Waals surface area contributed by atoms with Crippen molar-refractivity contribution in [2.45, 2.75) is 68.4 Å². The lowest BCUT2D eigenvalue weighted by Gasteiger charge is -2.38. The first-order valence-corrected chi connectivity index (χ1v) is 9.92. The summed E-state index contributed by atoms with van der Waals surface area (Å²) in [5, 5.41) is 5.30. The Bertz CT molecular complexity index is 946. The number of amidine groups is 1.